The fraction of sp³-hybridized carbons (Fsp3) is 0.294. The van der Waals surface area contributed by atoms with E-state index in [0.29, 0.717) is 18.5 Å². The van der Waals surface area contributed by atoms with E-state index in [1.807, 2.05) is 32.0 Å². The second kappa shape index (κ2) is 7.35. The monoisotopic (exact) mass is 373 g/mol. The van der Waals surface area contributed by atoms with Gasteiger partial charge in [-0.15, -0.1) is 13.2 Å². The van der Waals surface area contributed by atoms with Gasteiger partial charge in [-0.2, -0.15) is 0 Å². The van der Waals surface area contributed by atoms with E-state index in [4.69, 9.17) is 0 Å². The van der Waals surface area contributed by atoms with Gasteiger partial charge in [0.2, 0.25) is 0 Å². The quantitative estimate of drug-likeness (QED) is 0.811. The smallest absolute Gasteiger partial charge is 0.406 e. The van der Waals surface area contributed by atoms with E-state index in [-0.39, 0.29) is 4.90 Å². The first kappa shape index (κ1) is 19.1. The molecule has 0 fully saturated rings. The first-order valence-electron chi connectivity index (χ1n) is 7.65. The van der Waals surface area contributed by atoms with E-state index in [1.165, 1.54) is 0 Å². The molecule has 0 bridgehead atoms. The highest BCUT2D eigenvalue weighted by molar-refractivity contribution is 7.92. The van der Waals surface area contributed by atoms with Gasteiger partial charge >= 0.3 is 6.36 Å². The maximum Gasteiger partial charge on any atom is 0.573 e. The number of benzene rings is 2. The van der Waals surface area contributed by atoms with E-state index in [0.717, 1.165) is 35.4 Å². The fourth-order valence-corrected chi connectivity index (χ4v) is 3.53. The van der Waals surface area contributed by atoms with Gasteiger partial charge < -0.3 is 4.74 Å². The van der Waals surface area contributed by atoms with Crippen molar-refractivity contribution in [3.8, 4) is 5.75 Å². The molecule has 0 saturated carbocycles. The molecule has 0 saturated heterocycles. The predicted octanol–water partition coefficient (Wildman–Crippen LogP) is 4.51. The summed E-state index contributed by atoms with van der Waals surface area (Å²) in [6, 6.07) is 9.60. The van der Waals surface area contributed by atoms with Crippen molar-refractivity contribution in [3.63, 3.8) is 0 Å². The SMILES string of the molecule is CCc1cccc(CC)c1NS(=O)(=O)c1ccc(OC(F)(F)F)cc1. The van der Waals surface area contributed by atoms with Gasteiger partial charge in [0.1, 0.15) is 5.75 Å². The van der Waals surface area contributed by atoms with Gasteiger partial charge in [0, 0.05) is 0 Å². The van der Waals surface area contributed by atoms with Crippen LogP contribution in [0.2, 0.25) is 0 Å². The normalized spacial score (nSPS) is 12.0. The Bertz CT molecular complexity index is 809. The van der Waals surface area contributed by atoms with Crippen molar-refractivity contribution in [1.82, 2.24) is 0 Å². The Labute approximate surface area is 144 Å². The van der Waals surface area contributed by atoms with Crippen molar-refractivity contribution in [1.29, 1.82) is 0 Å². The molecule has 0 spiro atoms. The van der Waals surface area contributed by atoms with Crippen LogP contribution in [0.15, 0.2) is 47.4 Å². The average Bonchev–Trinajstić information content (AvgIpc) is 2.53. The summed E-state index contributed by atoms with van der Waals surface area (Å²) in [5, 5.41) is 0. The Morgan fingerprint density at radius 3 is 1.92 bits per heavy atom. The van der Waals surface area contributed by atoms with Crippen LogP contribution in [0.25, 0.3) is 0 Å². The summed E-state index contributed by atoms with van der Waals surface area (Å²) in [7, 11) is -3.93. The van der Waals surface area contributed by atoms with Gasteiger partial charge in [0.25, 0.3) is 10.0 Å². The lowest BCUT2D eigenvalue weighted by atomic mass is 10.0. The van der Waals surface area contributed by atoms with Crippen molar-refractivity contribution in [2.45, 2.75) is 37.9 Å². The molecule has 2 aromatic rings. The molecular weight excluding hydrogens is 355 g/mol. The highest BCUT2D eigenvalue weighted by Gasteiger charge is 2.31. The lowest BCUT2D eigenvalue weighted by Gasteiger charge is -2.16. The molecule has 0 aliphatic heterocycles. The molecule has 0 aliphatic carbocycles. The molecule has 0 atom stereocenters. The molecule has 0 heterocycles. The van der Waals surface area contributed by atoms with Crippen molar-refractivity contribution >= 4 is 15.7 Å². The summed E-state index contributed by atoms with van der Waals surface area (Å²) in [4.78, 5) is -0.144. The van der Waals surface area contributed by atoms with Gasteiger partial charge in [0.05, 0.1) is 10.6 Å². The van der Waals surface area contributed by atoms with Crippen LogP contribution in [-0.2, 0) is 22.9 Å². The van der Waals surface area contributed by atoms with E-state index in [1.54, 1.807) is 0 Å². The minimum atomic E-state index is -4.82. The van der Waals surface area contributed by atoms with Crippen molar-refractivity contribution in [2.24, 2.45) is 0 Å². The molecule has 25 heavy (non-hydrogen) atoms. The van der Waals surface area contributed by atoms with E-state index < -0.39 is 22.1 Å². The van der Waals surface area contributed by atoms with Crippen LogP contribution in [0.5, 0.6) is 5.75 Å². The Morgan fingerprint density at radius 1 is 0.960 bits per heavy atom. The molecular formula is C17H18F3NO3S. The first-order valence-corrected chi connectivity index (χ1v) is 9.14. The number of sulfonamides is 1. The van der Waals surface area contributed by atoms with Crippen molar-refractivity contribution < 1.29 is 26.3 Å². The summed E-state index contributed by atoms with van der Waals surface area (Å²) in [5.74, 6) is -0.477. The van der Waals surface area contributed by atoms with Gasteiger partial charge in [0.15, 0.2) is 0 Å². The molecule has 2 rings (SSSR count). The highest BCUT2D eigenvalue weighted by atomic mass is 32.2. The molecule has 1 N–H and O–H groups in total. The Hall–Kier alpha value is -2.22. The number of anilines is 1. The van der Waals surface area contributed by atoms with Crippen LogP contribution in [0.4, 0.5) is 18.9 Å². The third-order valence-corrected chi connectivity index (χ3v) is 4.97. The lowest BCUT2D eigenvalue weighted by molar-refractivity contribution is -0.274. The number of rotatable bonds is 6. The molecule has 2 aromatic carbocycles. The summed E-state index contributed by atoms with van der Waals surface area (Å²) in [6.07, 6.45) is -3.54. The van der Waals surface area contributed by atoms with Crippen LogP contribution < -0.4 is 9.46 Å². The van der Waals surface area contributed by atoms with Gasteiger partial charge in [-0.1, -0.05) is 32.0 Å². The number of aryl methyl sites for hydroxylation is 2. The summed E-state index contributed by atoms with van der Waals surface area (Å²) < 4.78 is 67.9. The van der Waals surface area contributed by atoms with Gasteiger partial charge in [-0.25, -0.2) is 8.42 Å². The number of nitrogens with one attached hydrogen (secondary N) is 1. The largest absolute Gasteiger partial charge is 0.573 e. The number of hydrogen-bond donors (Lipinski definition) is 1. The van der Waals surface area contributed by atoms with E-state index >= 15 is 0 Å². The molecule has 8 heteroatoms. The Morgan fingerprint density at radius 2 is 1.48 bits per heavy atom. The molecule has 0 unspecified atom stereocenters. The second-order valence-electron chi connectivity index (χ2n) is 5.28. The Balaban J connectivity index is 2.31. The molecule has 0 aliphatic rings. The first-order chi connectivity index (χ1) is 11.7. The zero-order chi connectivity index (χ0) is 18.7. The number of hydrogen-bond acceptors (Lipinski definition) is 3. The van der Waals surface area contributed by atoms with Gasteiger partial charge in [-0.05, 0) is 48.2 Å². The van der Waals surface area contributed by atoms with E-state index in [2.05, 4.69) is 9.46 Å². The molecule has 0 radical (unpaired) electrons. The van der Waals surface area contributed by atoms with E-state index in [9.17, 15) is 21.6 Å². The van der Waals surface area contributed by atoms with Crippen LogP contribution in [-0.4, -0.2) is 14.8 Å². The van der Waals surface area contributed by atoms with Crippen LogP contribution in [0.3, 0.4) is 0 Å². The predicted molar refractivity (Wildman–Crippen MR) is 89.1 cm³/mol. The topological polar surface area (TPSA) is 55.4 Å². The molecule has 0 aromatic heterocycles. The maximum absolute atomic E-state index is 12.6. The Kier molecular flexibility index (Phi) is 5.62. The molecule has 4 nitrogen and oxygen atoms in total. The number of ether oxygens (including phenoxy) is 1. The zero-order valence-electron chi connectivity index (χ0n) is 13.7. The number of halogens is 3. The highest BCUT2D eigenvalue weighted by Crippen LogP contribution is 2.27. The van der Waals surface area contributed by atoms with Crippen LogP contribution in [0, 0.1) is 0 Å². The average molecular weight is 373 g/mol. The van der Waals surface area contributed by atoms with Crippen LogP contribution >= 0.6 is 0 Å². The minimum absolute atomic E-state index is 0.144. The maximum atomic E-state index is 12.6. The fourth-order valence-electron chi connectivity index (χ4n) is 2.39. The number of para-hydroxylation sites is 1. The third-order valence-electron chi connectivity index (χ3n) is 3.60. The lowest BCUT2D eigenvalue weighted by Crippen LogP contribution is -2.18. The summed E-state index contributed by atoms with van der Waals surface area (Å²) in [5.41, 5.74) is 2.21. The van der Waals surface area contributed by atoms with Gasteiger partial charge in [-0.3, -0.25) is 4.72 Å². The van der Waals surface area contributed by atoms with Crippen LogP contribution in [0.1, 0.15) is 25.0 Å². The second-order valence-corrected chi connectivity index (χ2v) is 6.97. The zero-order valence-corrected chi connectivity index (χ0v) is 14.5. The minimum Gasteiger partial charge on any atom is -0.406 e. The molecule has 0 amide bonds. The summed E-state index contributed by atoms with van der Waals surface area (Å²) >= 11 is 0. The molecule has 136 valence electrons. The van der Waals surface area contributed by atoms with Crippen molar-refractivity contribution in [3.05, 3.63) is 53.6 Å². The summed E-state index contributed by atoms with van der Waals surface area (Å²) in [6.45, 7) is 3.83. The standard InChI is InChI=1S/C17H18F3NO3S/c1-3-12-6-5-7-13(4-2)16(12)21-25(22,23)15-10-8-14(9-11-15)24-17(18,19)20/h5-11,21H,3-4H2,1-2H3. The number of alkyl halides is 3. The van der Waals surface area contributed by atoms with Crippen molar-refractivity contribution in [2.75, 3.05) is 4.72 Å². The third kappa shape index (κ3) is 4.88.